The van der Waals surface area contributed by atoms with E-state index in [0.29, 0.717) is 10.6 Å². The summed E-state index contributed by atoms with van der Waals surface area (Å²) in [5.74, 6) is -0.290. The molecule has 0 aliphatic rings. The van der Waals surface area contributed by atoms with Crippen molar-refractivity contribution in [2.75, 3.05) is 0 Å². The fraction of sp³-hybridized carbons (Fsp3) is 0.200. The number of carbonyl (C=O) groups is 1. The monoisotopic (exact) mass is 208 g/mol. The summed E-state index contributed by atoms with van der Waals surface area (Å²) in [7, 11) is 0. The Labute approximate surface area is 87.3 Å². The van der Waals surface area contributed by atoms with Crippen LogP contribution in [0.5, 0.6) is 0 Å². The zero-order valence-electron chi connectivity index (χ0n) is 7.62. The van der Waals surface area contributed by atoms with Crippen molar-refractivity contribution in [3.05, 3.63) is 34.9 Å². The molecule has 0 aliphatic carbocycles. The summed E-state index contributed by atoms with van der Waals surface area (Å²) in [6, 6.07) is 7.99. The smallest absolute Gasteiger partial charge is 0.252 e. The van der Waals surface area contributed by atoms with E-state index in [1.54, 1.807) is 31.2 Å². The zero-order valence-corrected chi connectivity index (χ0v) is 8.38. The lowest BCUT2D eigenvalue weighted by molar-refractivity contribution is 0.0948. The number of nitriles is 1. The largest absolute Gasteiger partial charge is 0.337 e. The molecule has 1 unspecified atom stereocenters. The zero-order chi connectivity index (χ0) is 10.6. The Kier molecular flexibility index (Phi) is 3.49. The molecule has 1 rings (SSSR count). The predicted octanol–water partition coefficient (Wildman–Crippen LogP) is 1.98. The second-order valence-corrected chi connectivity index (χ2v) is 3.27. The minimum Gasteiger partial charge on any atom is -0.337 e. The summed E-state index contributed by atoms with van der Waals surface area (Å²) in [5.41, 5.74) is 0.458. The van der Waals surface area contributed by atoms with Crippen LogP contribution >= 0.6 is 11.6 Å². The van der Waals surface area contributed by atoms with Gasteiger partial charge in [0, 0.05) is 10.6 Å². The maximum Gasteiger partial charge on any atom is 0.252 e. The molecule has 4 heteroatoms. The quantitative estimate of drug-likeness (QED) is 0.808. The van der Waals surface area contributed by atoms with Crippen molar-refractivity contribution in [1.29, 1.82) is 5.26 Å². The summed E-state index contributed by atoms with van der Waals surface area (Å²) in [6.07, 6.45) is 0. The fourth-order valence-electron chi connectivity index (χ4n) is 0.942. The van der Waals surface area contributed by atoms with Crippen LogP contribution < -0.4 is 5.32 Å². The van der Waals surface area contributed by atoms with Crippen LogP contribution in [0.4, 0.5) is 0 Å². The lowest BCUT2D eigenvalue weighted by Crippen LogP contribution is -2.31. The maximum absolute atomic E-state index is 11.4. The van der Waals surface area contributed by atoms with Gasteiger partial charge in [-0.3, -0.25) is 4.79 Å². The van der Waals surface area contributed by atoms with Gasteiger partial charge in [-0.05, 0) is 25.1 Å². The summed E-state index contributed by atoms with van der Waals surface area (Å²) >= 11 is 5.71. The molecule has 0 bridgehead atoms. The lowest BCUT2D eigenvalue weighted by atomic mass is 10.2. The first kappa shape index (κ1) is 10.6. The van der Waals surface area contributed by atoms with E-state index in [2.05, 4.69) is 5.32 Å². The van der Waals surface area contributed by atoms with Gasteiger partial charge in [-0.1, -0.05) is 17.7 Å². The van der Waals surface area contributed by atoms with E-state index in [0.717, 1.165) is 0 Å². The molecule has 0 aromatic heterocycles. The molecular weight excluding hydrogens is 200 g/mol. The number of nitrogens with one attached hydrogen (secondary N) is 1. The molecule has 3 nitrogen and oxygen atoms in total. The van der Waals surface area contributed by atoms with Crippen molar-refractivity contribution in [2.45, 2.75) is 13.0 Å². The molecule has 1 atom stereocenters. The topological polar surface area (TPSA) is 52.9 Å². The standard InChI is InChI=1S/C10H9ClN2O/c1-7(6-12)13-10(14)8-3-2-4-9(11)5-8/h2-5,7H,1H3,(H,13,14). The van der Waals surface area contributed by atoms with Crippen LogP contribution in [0.25, 0.3) is 0 Å². The first-order valence-electron chi connectivity index (χ1n) is 4.09. The average molecular weight is 209 g/mol. The lowest BCUT2D eigenvalue weighted by Gasteiger charge is -2.05. The summed E-state index contributed by atoms with van der Waals surface area (Å²) in [4.78, 5) is 11.4. The molecule has 0 saturated heterocycles. The van der Waals surface area contributed by atoms with Gasteiger partial charge in [-0.15, -0.1) is 0 Å². The molecule has 0 spiro atoms. The molecular formula is C10H9ClN2O. The molecule has 1 amide bonds. The molecule has 0 radical (unpaired) electrons. The van der Waals surface area contributed by atoms with E-state index in [1.807, 2.05) is 6.07 Å². The van der Waals surface area contributed by atoms with Crippen LogP contribution in [0.2, 0.25) is 5.02 Å². The Morgan fingerprint density at radius 3 is 2.93 bits per heavy atom. The third-order valence-electron chi connectivity index (χ3n) is 1.63. The number of amides is 1. The summed E-state index contributed by atoms with van der Waals surface area (Å²) in [5, 5.41) is 11.5. The molecule has 72 valence electrons. The van der Waals surface area contributed by atoms with E-state index in [9.17, 15) is 4.79 Å². The highest BCUT2D eigenvalue weighted by atomic mass is 35.5. The Bertz CT molecular complexity index is 384. The maximum atomic E-state index is 11.4. The van der Waals surface area contributed by atoms with Crippen molar-refractivity contribution in [2.24, 2.45) is 0 Å². The second-order valence-electron chi connectivity index (χ2n) is 2.83. The molecule has 0 saturated carbocycles. The Morgan fingerprint density at radius 1 is 1.64 bits per heavy atom. The number of hydrogen-bond acceptors (Lipinski definition) is 2. The Hall–Kier alpha value is -1.53. The highest BCUT2D eigenvalue weighted by Gasteiger charge is 2.08. The number of carbonyl (C=O) groups excluding carboxylic acids is 1. The predicted molar refractivity (Wildman–Crippen MR) is 54.0 cm³/mol. The van der Waals surface area contributed by atoms with Gasteiger partial charge in [0.15, 0.2) is 0 Å². The van der Waals surface area contributed by atoms with Crippen molar-refractivity contribution >= 4 is 17.5 Å². The van der Waals surface area contributed by atoms with Crippen molar-refractivity contribution < 1.29 is 4.79 Å². The molecule has 0 aliphatic heterocycles. The number of rotatable bonds is 2. The van der Waals surface area contributed by atoms with Crippen LogP contribution in [0.3, 0.4) is 0 Å². The van der Waals surface area contributed by atoms with Crippen LogP contribution in [0, 0.1) is 11.3 Å². The normalized spacial score (nSPS) is 11.5. The number of halogens is 1. The fourth-order valence-corrected chi connectivity index (χ4v) is 1.13. The van der Waals surface area contributed by atoms with Gasteiger partial charge in [0.2, 0.25) is 0 Å². The highest BCUT2D eigenvalue weighted by molar-refractivity contribution is 6.30. The van der Waals surface area contributed by atoms with E-state index < -0.39 is 6.04 Å². The first-order valence-corrected chi connectivity index (χ1v) is 4.47. The van der Waals surface area contributed by atoms with E-state index >= 15 is 0 Å². The van der Waals surface area contributed by atoms with Crippen molar-refractivity contribution in [3.63, 3.8) is 0 Å². The number of nitrogens with zero attached hydrogens (tertiary/aromatic N) is 1. The molecule has 1 N–H and O–H groups in total. The summed E-state index contributed by atoms with van der Waals surface area (Å²) < 4.78 is 0. The van der Waals surface area contributed by atoms with Crippen molar-refractivity contribution in [3.8, 4) is 6.07 Å². The van der Waals surface area contributed by atoms with Gasteiger partial charge < -0.3 is 5.32 Å². The van der Waals surface area contributed by atoms with Gasteiger partial charge in [0.25, 0.3) is 5.91 Å². The third kappa shape index (κ3) is 2.75. The van der Waals surface area contributed by atoms with E-state index in [-0.39, 0.29) is 5.91 Å². The first-order chi connectivity index (χ1) is 6.63. The number of hydrogen-bond donors (Lipinski definition) is 1. The molecule has 1 aromatic rings. The van der Waals surface area contributed by atoms with Gasteiger partial charge in [-0.25, -0.2) is 0 Å². The molecule has 0 fully saturated rings. The third-order valence-corrected chi connectivity index (χ3v) is 1.86. The van der Waals surface area contributed by atoms with Crippen LogP contribution in [0.1, 0.15) is 17.3 Å². The summed E-state index contributed by atoms with van der Waals surface area (Å²) in [6.45, 7) is 1.61. The average Bonchev–Trinajstić information content (AvgIpc) is 2.17. The minimum absolute atomic E-state index is 0.290. The molecule has 14 heavy (non-hydrogen) atoms. The van der Waals surface area contributed by atoms with Crippen molar-refractivity contribution in [1.82, 2.24) is 5.32 Å². The number of benzene rings is 1. The molecule has 1 aromatic carbocycles. The van der Waals surface area contributed by atoms with Crippen LogP contribution in [0.15, 0.2) is 24.3 Å². The second kappa shape index (κ2) is 4.64. The van der Waals surface area contributed by atoms with Gasteiger partial charge in [-0.2, -0.15) is 5.26 Å². The SMILES string of the molecule is CC(C#N)NC(=O)c1cccc(Cl)c1. The highest BCUT2D eigenvalue weighted by Crippen LogP contribution is 2.10. The van der Waals surface area contributed by atoms with Gasteiger partial charge >= 0.3 is 0 Å². The minimum atomic E-state index is -0.499. The van der Waals surface area contributed by atoms with Gasteiger partial charge in [0.1, 0.15) is 6.04 Å². The van der Waals surface area contributed by atoms with Crippen LogP contribution in [-0.2, 0) is 0 Å². The Morgan fingerprint density at radius 2 is 2.36 bits per heavy atom. The van der Waals surface area contributed by atoms with Gasteiger partial charge in [0.05, 0.1) is 6.07 Å². The molecule has 0 heterocycles. The van der Waals surface area contributed by atoms with E-state index in [1.165, 1.54) is 0 Å². The van der Waals surface area contributed by atoms with E-state index in [4.69, 9.17) is 16.9 Å². The Balaban J connectivity index is 2.76. The van der Waals surface area contributed by atoms with Crippen LogP contribution in [-0.4, -0.2) is 11.9 Å².